The maximum atomic E-state index is 12.3. The average molecular weight is 338 g/mol. The SMILES string of the molecule is COc1nn(C)cc1CNC(=O)NC(C)c1cccc2ccccc12. The smallest absolute Gasteiger partial charge is 0.315 e. The molecular weight excluding hydrogens is 316 g/mol. The Morgan fingerprint density at radius 1 is 1.24 bits per heavy atom. The number of hydrogen-bond acceptors (Lipinski definition) is 3. The molecule has 0 fully saturated rings. The summed E-state index contributed by atoms with van der Waals surface area (Å²) in [5.74, 6) is 0.518. The van der Waals surface area contributed by atoms with Gasteiger partial charge in [0.25, 0.3) is 0 Å². The Bertz CT molecular complexity index is 883. The van der Waals surface area contributed by atoms with E-state index in [9.17, 15) is 4.79 Å². The molecule has 130 valence electrons. The molecule has 3 aromatic rings. The number of hydrogen-bond donors (Lipinski definition) is 2. The fourth-order valence-electron chi connectivity index (χ4n) is 2.94. The number of nitrogens with zero attached hydrogens (tertiary/aromatic N) is 2. The Kier molecular flexibility index (Phi) is 4.88. The van der Waals surface area contributed by atoms with Crippen LogP contribution in [0.5, 0.6) is 5.88 Å². The number of fused-ring (bicyclic) bond motifs is 1. The molecule has 1 atom stereocenters. The lowest BCUT2D eigenvalue weighted by molar-refractivity contribution is 0.237. The summed E-state index contributed by atoms with van der Waals surface area (Å²) in [6.45, 7) is 2.33. The molecule has 0 bridgehead atoms. The predicted molar refractivity (Wildman–Crippen MR) is 97.5 cm³/mol. The van der Waals surface area contributed by atoms with Crippen molar-refractivity contribution in [2.24, 2.45) is 7.05 Å². The molecule has 0 saturated carbocycles. The molecule has 25 heavy (non-hydrogen) atoms. The first-order valence-electron chi connectivity index (χ1n) is 8.17. The number of carbonyl (C=O) groups is 1. The van der Waals surface area contributed by atoms with Gasteiger partial charge in [-0.15, -0.1) is 5.10 Å². The van der Waals surface area contributed by atoms with E-state index in [1.165, 1.54) is 0 Å². The summed E-state index contributed by atoms with van der Waals surface area (Å²) in [7, 11) is 3.38. The van der Waals surface area contributed by atoms with Gasteiger partial charge < -0.3 is 15.4 Å². The number of methoxy groups -OCH3 is 1. The van der Waals surface area contributed by atoms with Gasteiger partial charge in [0, 0.05) is 13.2 Å². The van der Waals surface area contributed by atoms with Gasteiger partial charge in [-0.2, -0.15) is 0 Å². The third kappa shape index (κ3) is 3.74. The lowest BCUT2D eigenvalue weighted by Crippen LogP contribution is -2.36. The largest absolute Gasteiger partial charge is 0.480 e. The van der Waals surface area contributed by atoms with Crippen LogP contribution in [0.25, 0.3) is 10.8 Å². The van der Waals surface area contributed by atoms with Gasteiger partial charge >= 0.3 is 6.03 Å². The Morgan fingerprint density at radius 2 is 2.00 bits per heavy atom. The van der Waals surface area contributed by atoms with Crippen molar-refractivity contribution in [3.8, 4) is 5.88 Å². The van der Waals surface area contributed by atoms with Crippen molar-refractivity contribution in [2.45, 2.75) is 19.5 Å². The molecule has 2 aromatic carbocycles. The molecule has 3 rings (SSSR count). The monoisotopic (exact) mass is 338 g/mol. The molecule has 1 heterocycles. The van der Waals surface area contributed by atoms with Gasteiger partial charge in [0.05, 0.1) is 25.3 Å². The first-order chi connectivity index (χ1) is 12.1. The third-order valence-electron chi connectivity index (χ3n) is 4.14. The van der Waals surface area contributed by atoms with E-state index in [1.807, 2.05) is 44.4 Å². The van der Waals surface area contributed by atoms with Crippen LogP contribution in [-0.4, -0.2) is 22.9 Å². The lowest BCUT2D eigenvalue weighted by Gasteiger charge is -2.17. The van der Waals surface area contributed by atoms with Gasteiger partial charge in [0.2, 0.25) is 5.88 Å². The lowest BCUT2D eigenvalue weighted by atomic mass is 10.00. The number of carbonyl (C=O) groups excluding carboxylic acids is 1. The number of nitrogens with one attached hydrogen (secondary N) is 2. The molecule has 0 aliphatic rings. The minimum Gasteiger partial charge on any atom is -0.480 e. The van der Waals surface area contributed by atoms with E-state index >= 15 is 0 Å². The van der Waals surface area contributed by atoms with Crippen LogP contribution in [0, 0.1) is 0 Å². The third-order valence-corrected chi connectivity index (χ3v) is 4.14. The van der Waals surface area contributed by atoms with Gasteiger partial charge in [-0.3, -0.25) is 4.68 Å². The number of benzene rings is 2. The summed E-state index contributed by atoms with van der Waals surface area (Å²) < 4.78 is 6.85. The van der Waals surface area contributed by atoms with E-state index < -0.39 is 0 Å². The van der Waals surface area contributed by atoms with Crippen molar-refractivity contribution in [1.82, 2.24) is 20.4 Å². The zero-order valence-corrected chi connectivity index (χ0v) is 14.6. The van der Waals surface area contributed by atoms with Gasteiger partial charge in [0.15, 0.2) is 0 Å². The Morgan fingerprint density at radius 3 is 2.80 bits per heavy atom. The van der Waals surface area contributed by atoms with E-state index in [4.69, 9.17) is 4.74 Å². The average Bonchev–Trinajstić information content (AvgIpc) is 2.99. The molecule has 0 aliphatic carbocycles. The summed E-state index contributed by atoms with van der Waals surface area (Å²) in [6, 6.07) is 13.9. The van der Waals surface area contributed by atoms with Crippen LogP contribution in [0.1, 0.15) is 24.1 Å². The Balaban J connectivity index is 1.66. The number of amides is 2. The van der Waals surface area contributed by atoms with Gasteiger partial charge in [0.1, 0.15) is 0 Å². The van der Waals surface area contributed by atoms with Gasteiger partial charge in [-0.1, -0.05) is 42.5 Å². The molecule has 0 spiro atoms. The molecule has 2 N–H and O–H groups in total. The normalized spacial score (nSPS) is 12.0. The predicted octanol–water partition coefficient (Wildman–Crippen LogP) is 3.14. The van der Waals surface area contributed by atoms with Crippen molar-refractivity contribution in [2.75, 3.05) is 7.11 Å². The maximum Gasteiger partial charge on any atom is 0.315 e. The number of aryl methyl sites for hydroxylation is 1. The summed E-state index contributed by atoms with van der Waals surface area (Å²) in [4.78, 5) is 12.3. The molecule has 1 aromatic heterocycles. The van der Waals surface area contributed by atoms with Crippen LogP contribution >= 0.6 is 0 Å². The second kappa shape index (κ2) is 7.25. The zero-order valence-electron chi connectivity index (χ0n) is 14.6. The van der Waals surface area contributed by atoms with E-state index in [2.05, 4.69) is 33.9 Å². The van der Waals surface area contributed by atoms with Crippen molar-refractivity contribution >= 4 is 16.8 Å². The molecular formula is C19H22N4O2. The number of ether oxygens (including phenoxy) is 1. The fourth-order valence-corrected chi connectivity index (χ4v) is 2.94. The van der Waals surface area contributed by atoms with Gasteiger partial charge in [-0.05, 0) is 23.3 Å². The highest BCUT2D eigenvalue weighted by Gasteiger charge is 2.13. The standard InChI is InChI=1S/C19H22N4O2/c1-13(16-10-6-8-14-7-4-5-9-17(14)16)21-19(24)20-11-15-12-23(2)22-18(15)25-3/h4-10,12-13H,11H2,1-3H3,(H2,20,21,24). The van der Waals surface area contributed by atoms with Crippen LogP contribution in [-0.2, 0) is 13.6 Å². The highest BCUT2D eigenvalue weighted by molar-refractivity contribution is 5.86. The fraction of sp³-hybridized carbons (Fsp3) is 0.263. The Labute approximate surface area is 146 Å². The highest BCUT2D eigenvalue weighted by atomic mass is 16.5. The minimum atomic E-state index is -0.230. The molecule has 1 unspecified atom stereocenters. The summed E-state index contributed by atoms with van der Waals surface area (Å²) in [5.41, 5.74) is 1.92. The van der Waals surface area contributed by atoms with Crippen molar-refractivity contribution in [3.05, 3.63) is 59.8 Å². The molecule has 6 nitrogen and oxygen atoms in total. The molecule has 0 aliphatic heterocycles. The summed E-state index contributed by atoms with van der Waals surface area (Å²) >= 11 is 0. The molecule has 2 amide bonds. The van der Waals surface area contributed by atoms with E-state index in [-0.39, 0.29) is 12.1 Å². The van der Waals surface area contributed by atoms with Crippen molar-refractivity contribution < 1.29 is 9.53 Å². The summed E-state index contributed by atoms with van der Waals surface area (Å²) in [5, 5.41) is 12.3. The molecule has 0 radical (unpaired) electrons. The van der Waals surface area contributed by atoms with E-state index in [0.717, 1.165) is 21.9 Å². The van der Waals surface area contributed by atoms with Crippen molar-refractivity contribution in [1.29, 1.82) is 0 Å². The number of urea groups is 1. The topological polar surface area (TPSA) is 68.2 Å². The first-order valence-corrected chi connectivity index (χ1v) is 8.17. The van der Waals surface area contributed by atoms with E-state index in [0.29, 0.717) is 12.4 Å². The number of aromatic nitrogens is 2. The summed E-state index contributed by atoms with van der Waals surface area (Å²) in [6.07, 6.45) is 1.83. The Hall–Kier alpha value is -3.02. The minimum absolute atomic E-state index is 0.109. The second-order valence-corrected chi connectivity index (χ2v) is 5.95. The molecule has 6 heteroatoms. The first kappa shape index (κ1) is 16.8. The van der Waals surface area contributed by atoms with Crippen molar-refractivity contribution in [3.63, 3.8) is 0 Å². The number of rotatable bonds is 5. The second-order valence-electron chi connectivity index (χ2n) is 5.95. The van der Waals surface area contributed by atoms with E-state index in [1.54, 1.807) is 11.8 Å². The maximum absolute atomic E-state index is 12.3. The van der Waals surface area contributed by atoms with Crippen LogP contribution in [0.2, 0.25) is 0 Å². The van der Waals surface area contributed by atoms with Crippen LogP contribution < -0.4 is 15.4 Å². The van der Waals surface area contributed by atoms with Crippen LogP contribution in [0.15, 0.2) is 48.7 Å². The highest BCUT2D eigenvalue weighted by Crippen LogP contribution is 2.24. The quantitative estimate of drug-likeness (QED) is 0.751. The van der Waals surface area contributed by atoms with Gasteiger partial charge in [-0.25, -0.2) is 4.79 Å². The molecule has 0 saturated heterocycles. The zero-order chi connectivity index (χ0) is 17.8. The van der Waals surface area contributed by atoms with Crippen LogP contribution in [0.3, 0.4) is 0 Å². The van der Waals surface area contributed by atoms with Crippen LogP contribution in [0.4, 0.5) is 4.79 Å².